The molecular weight excluding hydrogens is 379 g/mol. The number of amides is 1. The van der Waals surface area contributed by atoms with Gasteiger partial charge in [-0.2, -0.15) is 18.3 Å². The fourth-order valence-corrected chi connectivity index (χ4v) is 3.28. The monoisotopic (exact) mass is 399 g/mol. The third-order valence-electron chi connectivity index (χ3n) is 5.06. The minimum atomic E-state index is -4.53. The van der Waals surface area contributed by atoms with E-state index in [0.717, 1.165) is 30.0 Å². The van der Waals surface area contributed by atoms with Gasteiger partial charge >= 0.3 is 6.18 Å². The largest absolute Gasteiger partial charge is 0.435 e. The highest BCUT2D eigenvalue weighted by molar-refractivity contribution is 5.93. The number of halogens is 3. The lowest BCUT2D eigenvalue weighted by molar-refractivity contribution is -0.141. The third kappa shape index (κ3) is 4.18. The molecule has 0 aliphatic heterocycles. The van der Waals surface area contributed by atoms with Gasteiger partial charge in [-0.15, -0.1) is 0 Å². The molecule has 4 nitrogen and oxygen atoms in total. The summed E-state index contributed by atoms with van der Waals surface area (Å²) in [5, 5.41) is 6.46. The molecule has 3 aromatic rings. The van der Waals surface area contributed by atoms with Crippen molar-refractivity contribution in [2.75, 3.05) is 5.32 Å². The highest BCUT2D eigenvalue weighted by Crippen LogP contribution is 2.43. The summed E-state index contributed by atoms with van der Waals surface area (Å²) in [5.41, 5.74) is 2.17. The van der Waals surface area contributed by atoms with Crippen LogP contribution in [0.1, 0.15) is 43.1 Å². The number of hydrogen-bond acceptors (Lipinski definition) is 2. The van der Waals surface area contributed by atoms with Crippen LogP contribution >= 0.6 is 0 Å². The summed E-state index contributed by atoms with van der Waals surface area (Å²) in [5.74, 6) is -0.366. The molecule has 150 valence electrons. The molecule has 1 aliphatic carbocycles. The van der Waals surface area contributed by atoms with Crippen molar-refractivity contribution in [3.05, 3.63) is 72.1 Å². The lowest BCUT2D eigenvalue weighted by Crippen LogP contribution is -2.26. The van der Waals surface area contributed by atoms with Crippen molar-refractivity contribution in [1.82, 2.24) is 9.78 Å². The van der Waals surface area contributed by atoms with Crippen LogP contribution in [0.15, 0.2) is 60.7 Å². The fourth-order valence-electron chi connectivity index (χ4n) is 3.28. The average molecular weight is 399 g/mol. The Labute approximate surface area is 166 Å². The van der Waals surface area contributed by atoms with Gasteiger partial charge in [0.25, 0.3) is 0 Å². The number of alkyl halides is 3. The number of nitrogens with zero attached hydrogens (tertiary/aromatic N) is 2. The third-order valence-corrected chi connectivity index (χ3v) is 5.06. The van der Waals surface area contributed by atoms with Crippen LogP contribution in [0.5, 0.6) is 0 Å². The van der Waals surface area contributed by atoms with E-state index in [-0.39, 0.29) is 5.92 Å². The van der Waals surface area contributed by atoms with Gasteiger partial charge in [0.15, 0.2) is 5.69 Å². The summed E-state index contributed by atoms with van der Waals surface area (Å²) >= 11 is 0. The highest BCUT2D eigenvalue weighted by Gasteiger charge is 2.39. The van der Waals surface area contributed by atoms with Crippen LogP contribution < -0.4 is 5.32 Å². The van der Waals surface area contributed by atoms with Gasteiger partial charge in [0.1, 0.15) is 6.04 Å². The van der Waals surface area contributed by atoms with Gasteiger partial charge in [-0.05, 0) is 49.1 Å². The van der Waals surface area contributed by atoms with Crippen LogP contribution in [0.3, 0.4) is 0 Å². The number of nitrogens with one attached hydrogen (secondary N) is 1. The normalized spacial score (nSPS) is 15.2. The Morgan fingerprint density at radius 1 is 1.07 bits per heavy atom. The van der Waals surface area contributed by atoms with E-state index < -0.39 is 23.8 Å². The number of anilines is 1. The number of rotatable bonds is 5. The molecule has 1 amide bonds. The SMILES string of the molecule is CC(C(=O)Nc1ccc(-c2ccccc2)cc1)n1nc(C(F)(F)F)cc1C1CC1. The first-order chi connectivity index (χ1) is 13.8. The fraction of sp³-hybridized carbons (Fsp3) is 0.273. The molecule has 1 fully saturated rings. The van der Waals surface area contributed by atoms with Gasteiger partial charge < -0.3 is 5.32 Å². The van der Waals surface area contributed by atoms with E-state index in [1.807, 2.05) is 42.5 Å². The van der Waals surface area contributed by atoms with Crippen LogP contribution in [-0.2, 0) is 11.0 Å². The molecule has 29 heavy (non-hydrogen) atoms. The molecule has 0 saturated heterocycles. The molecule has 0 spiro atoms. The lowest BCUT2D eigenvalue weighted by Gasteiger charge is -2.16. The zero-order chi connectivity index (χ0) is 20.6. The predicted octanol–water partition coefficient (Wildman–Crippen LogP) is 5.65. The van der Waals surface area contributed by atoms with Crippen molar-refractivity contribution in [2.45, 2.75) is 37.9 Å². The lowest BCUT2D eigenvalue weighted by atomic mass is 10.1. The van der Waals surface area contributed by atoms with E-state index in [1.54, 1.807) is 19.1 Å². The van der Waals surface area contributed by atoms with Crippen molar-refractivity contribution in [3.63, 3.8) is 0 Å². The van der Waals surface area contributed by atoms with Gasteiger partial charge in [-0.3, -0.25) is 9.48 Å². The summed E-state index contributed by atoms with van der Waals surface area (Å²) in [7, 11) is 0. The molecule has 1 unspecified atom stereocenters. The molecule has 1 heterocycles. The van der Waals surface area contributed by atoms with Crippen LogP contribution in [0, 0.1) is 0 Å². The number of aromatic nitrogens is 2. The maximum Gasteiger partial charge on any atom is 0.435 e. The van der Waals surface area contributed by atoms with Crippen molar-refractivity contribution in [1.29, 1.82) is 0 Å². The predicted molar refractivity (Wildman–Crippen MR) is 104 cm³/mol. The van der Waals surface area contributed by atoms with E-state index in [1.165, 1.54) is 4.68 Å². The number of carbonyl (C=O) groups excluding carboxylic acids is 1. The first-order valence-corrected chi connectivity index (χ1v) is 9.46. The van der Waals surface area contributed by atoms with Crippen molar-refractivity contribution >= 4 is 11.6 Å². The van der Waals surface area contributed by atoms with Crippen LogP contribution in [0.4, 0.5) is 18.9 Å². The highest BCUT2D eigenvalue weighted by atomic mass is 19.4. The van der Waals surface area contributed by atoms with Crippen molar-refractivity contribution in [2.24, 2.45) is 0 Å². The molecule has 1 atom stereocenters. The van der Waals surface area contributed by atoms with E-state index in [9.17, 15) is 18.0 Å². The summed E-state index contributed by atoms with van der Waals surface area (Å²) < 4.78 is 40.4. The van der Waals surface area contributed by atoms with Crippen LogP contribution in [0.2, 0.25) is 0 Å². The van der Waals surface area contributed by atoms with Crippen LogP contribution in [-0.4, -0.2) is 15.7 Å². The maximum absolute atomic E-state index is 13.1. The molecule has 2 aromatic carbocycles. The van der Waals surface area contributed by atoms with Gasteiger partial charge in [0.2, 0.25) is 5.91 Å². The van der Waals surface area contributed by atoms with Gasteiger partial charge in [-0.25, -0.2) is 0 Å². The van der Waals surface area contributed by atoms with Crippen molar-refractivity contribution in [3.8, 4) is 11.1 Å². The number of benzene rings is 2. The van der Waals surface area contributed by atoms with Gasteiger partial charge in [0.05, 0.1) is 0 Å². The Bertz CT molecular complexity index is 1010. The summed E-state index contributed by atoms with van der Waals surface area (Å²) in [6, 6.07) is 17.4. The molecule has 1 aromatic heterocycles. The summed E-state index contributed by atoms with van der Waals surface area (Å²) in [4.78, 5) is 12.7. The smallest absolute Gasteiger partial charge is 0.324 e. The van der Waals surface area contributed by atoms with E-state index in [4.69, 9.17) is 0 Å². The number of carbonyl (C=O) groups is 1. The standard InChI is InChI=1S/C22H20F3N3O/c1-14(28-19(17-7-8-17)13-20(27-28)22(23,24)25)21(29)26-18-11-9-16(10-12-18)15-5-3-2-4-6-15/h2-6,9-14,17H,7-8H2,1H3,(H,26,29). The quantitative estimate of drug-likeness (QED) is 0.603. The average Bonchev–Trinajstić information content (AvgIpc) is 3.45. The van der Waals surface area contributed by atoms with Gasteiger partial charge in [0, 0.05) is 17.3 Å². The minimum Gasteiger partial charge on any atom is -0.324 e. The van der Waals surface area contributed by atoms with Crippen molar-refractivity contribution < 1.29 is 18.0 Å². The second-order valence-corrected chi connectivity index (χ2v) is 7.28. The first kappa shape index (κ1) is 19.2. The molecular formula is C22H20F3N3O. The molecule has 7 heteroatoms. The Morgan fingerprint density at radius 2 is 1.69 bits per heavy atom. The Hall–Kier alpha value is -3.09. The molecule has 1 aliphatic rings. The Morgan fingerprint density at radius 3 is 2.28 bits per heavy atom. The topological polar surface area (TPSA) is 46.9 Å². The molecule has 4 rings (SSSR count). The second kappa shape index (κ2) is 7.39. The minimum absolute atomic E-state index is 0.0407. The zero-order valence-electron chi connectivity index (χ0n) is 15.8. The number of hydrogen-bond donors (Lipinski definition) is 1. The van der Waals surface area contributed by atoms with Gasteiger partial charge in [-0.1, -0.05) is 42.5 Å². The molecule has 0 radical (unpaired) electrons. The molecule has 0 bridgehead atoms. The van der Waals surface area contributed by atoms with E-state index in [0.29, 0.717) is 11.4 Å². The Kier molecular flexibility index (Phi) is 4.90. The summed E-state index contributed by atoms with van der Waals surface area (Å²) in [6.45, 7) is 1.56. The molecule has 1 N–H and O–H groups in total. The van der Waals surface area contributed by atoms with E-state index in [2.05, 4.69) is 10.4 Å². The maximum atomic E-state index is 13.1. The second-order valence-electron chi connectivity index (χ2n) is 7.28. The zero-order valence-corrected chi connectivity index (χ0v) is 15.8. The van der Waals surface area contributed by atoms with E-state index >= 15 is 0 Å². The van der Waals surface area contributed by atoms with Crippen LogP contribution in [0.25, 0.3) is 11.1 Å². The first-order valence-electron chi connectivity index (χ1n) is 9.46. The summed E-state index contributed by atoms with van der Waals surface area (Å²) in [6.07, 6.45) is -2.89. The molecule has 1 saturated carbocycles. The Balaban J connectivity index is 1.51.